The van der Waals surface area contributed by atoms with Gasteiger partial charge in [-0.1, -0.05) is 42.0 Å². The normalized spacial score (nSPS) is 10.7. The molecule has 0 aliphatic rings. The maximum atomic E-state index is 10.1. The molecule has 0 amide bonds. The van der Waals surface area contributed by atoms with Crippen LogP contribution in [0, 0.1) is 6.92 Å². The van der Waals surface area contributed by atoms with Crippen LogP contribution in [0.3, 0.4) is 0 Å². The zero-order valence-electron chi connectivity index (χ0n) is 6.58. The minimum absolute atomic E-state index is 0.145. The van der Waals surface area contributed by atoms with E-state index in [1.165, 1.54) is 5.56 Å². The molecule has 1 aromatic rings. The number of hydrogen-bond acceptors (Lipinski definition) is 0. The number of hydrogen-bond donors (Lipinski definition) is 0. The SMILES string of the molecule is Cc1cccc(/C=C/C[O])c1. The topological polar surface area (TPSA) is 19.9 Å². The molecule has 0 aliphatic heterocycles. The maximum Gasteiger partial charge on any atom is 0.101 e. The molecule has 0 atom stereocenters. The van der Waals surface area contributed by atoms with E-state index < -0.39 is 0 Å². The molecule has 0 bridgehead atoms. The summed E-state index contributed by atoms with van der Waals surface area (Å²) in [6.07, 6.45) is 3.47. The lowest BCUT2D eigenvalue weighted by atomic mass is 10.1. The Hall–Kier alpha value is -1.08. The molecule has 0 saturated carbocycles. The van der Waals surface area contributed by atoms with Crippen molar-refractivity contribution in [2.24, 2.45) is 0 Å². The summed E-state index contributed by atoms with van der Waals surface area (Å²) in [4.78, 5) is 0. The van der Waals surface area contributed by atoms with E-state index in [2.05, 4.69) is 0 Å². The van der Waals surface area contributed by atoms with Crippen molar-refractivity contribution >= 4 is 6.08 Å². The zero-order chi connectivity index (χ0) is 8.10. The fraction of sp³-hybridized carbons (Fsp3) is 0.200. The molecule has 0 spiro atoms. The summed E-state index contributed by atoms with van der Waals surface area (Å²) in [5.74, 6) is 0. The average Bonchev–Trinajstić information content (AvgIpc) is 2.01. The summed E-state index contributed by atoms with van der Waals surface area (Å²) in [7, 11) is 0. The largest absolute Gasteiger partial charge is 0.232 e. The van der Waals surface area contributed by atoms with Gasteiger partial charge in [0, 0.05) is 0 Å². The Labute approximate surface area is 67.0 Å². The lowest BCUT2D eigenvalue weighted by Gasteiger charge is -1.93. The average molecular weight is 147 g/mol. The minimum Gasteiger partial charge on any atom is -0.232 e. The van der Waals surface area contributed by atoms with Crippen LogP contribution in [0.4, 0.5) is 0 Å². The van der Waals surface area contributed by atoms with E-state index in [-0.39, 0.29) is 6.61 Å². The van der Waals surface area contributed by atoms with Gasteiger partial charge in [-0.3, -0.25) is 0 Å². The molecule has 0 N–H and O–H groups in total. The maximum absolute atomic E-state index is 10.1. The van der Waals surface area contributed by atoms with Gasteiger partial charge in [-0.25, -0.2) is 5.11 Å². The van der Waals surface area contributed by atoms with Gasteiger partial charge < -0.3 is 0 Å². The van der Waals surface area contributed by atoms with Crippen molar-refractivity contribution in [2.45, 2.75) is 6.92 Å². The van der Waals surface area contributed by atoms with E-state index in [0.29, 0.717) is 0 Å². The van der Waals surface area contributed by atoms with E-state index >= 15 is 0 Å². The van der Waals surface area contributed by atoms with Crippen molar-refractivity contribution in [1.82, 2.24) is 0 Å². The van der Waals surface area contributed by atoms with Gasteiger partial charge in [-0.2, -0.15) is 0 Å². The number of rotatable bonds is 2. The number of benzene rings is 1. The Morgan fingerprint density at radius 3 is 2.91 bits per heavy atom. The van der Waals surface area contributed by atoms with Gasteiger partial charge >= 0.3 is 0 Å². The van der Waals surface area contributed by atoms with Crippen LogP contribution in [-0.4, -0.2) is 6.61 Å². The standard InChI is InChI=1S/C10H11O/c1-9-4-2-5-10(8-9)6-3-7-11/h2-6,8H,7H2,1H3/b6-3+. The van der Waals surface area contributed by atoms with E-state index in [0.717, 1.165) is 5.56 Å². The van der Waals surface area contributed by atoms with Gasteiger partial charge in [0.25, 0.3) is 0 Å². The third-order valence-corrected chi connectivity index (χ3v) is 1.45. The Morgan fingerprint density at radius 2 is 2.27 bits per heavy atom. The first-order valence-corrected chi connectivity index (χ1v) is 3.64. The third kappa shape index (κ3) is 2.56. The van der Waals surface area contributed by atoms with Crippen LogP contribution < -0.4 is 0 Å². The molecule has 1 heteroatoms. The quantitative estimate of drug-likeness (QED) is 0.612. The Morgan fingerprint density at radius 1 is 1.45 bits per heavy atom. The second kappa shape index (κ2) is 3.94. The first-order chi connectivity index (χ1) is 5.33. The zero-order valence-corrected chi connectivity index (χ0v) is 6.58. The van der Waals surface area contributed by atoms with Crippen LogP contribution in [-0.2, 0) is 5.11 Å². The highest BCUT2D eigenvalue weighted by Crippen LogP contribution is 2.04. The van der Waals surface area contributed by atoms with Crippen LogP contribution >= 0.6 is 0 Å². The Bertz CT molecular complexity index is 251. The van der Waals surface area contributed by atoms with E-state index in [1.54, 1.807) is 6.08 Å². The Balaban J connectivity index is 2.79. The van der Waals surface area contributed by atoms with Crippen molar-refractivity contribution in [1.29, 1.82) is 0 Å². The van der Waals surface area contributed by atoms with E-state index in [9.17, 15) is 5.11 Å². The predicted molar refractivity (Wildman–Crippen MR) is 45.8 cm³/mol. The minimum atomic E-state index is -0.145. The highest BCUT2D eigenvalue weighted by Gasteiger charge is 1.85. The first kappa shape index (κ1) is 8.02. The van der Waals surface area contributed by atoms with E-state index in [1.807, 2.05) is 37.3 Å². The Kier molecular flexibility index (Phi) is 2.87. The molecular weight excluding hydrogens is 136 g/mol. The fourth-order valence-electron chi connectivity index (χ4n) is 0.958. The molecule has 0 saturated heterocycles. The third-order valence-electron chi connectivity index (χ3n) is 1.45. The highest BCUT2D eigenvalue weighted by atomic mass is 16.2. The van der Waals surface area contributed by atoms with Crippen LogP contribution in [0.2, 0.25) is 0 Å². The molecule has 1 radical (unpaired) electrons. The molecule has 0 aromatic heterocycles. The molecule has 57 valence electrons. The fourth-order valence-corrected chi connectivity index (χ4v) is 0.958. The van der Waals surface area contributed by atoms with Gasteiger partial charge in [-0.15, -0.1) is 0 Å². The highest BCUT2D eigenvalue weighted by molar-refractivity contribution is 5.50. The van der Waals surface area contributed by atoms with Crippen molar-refractivity contribution in [3.63, 3.8) is 0 Å². The second-order valence-corrected chi connectivity index (χ2v) is 2.48. The number of aryl methyl sites for hydroxylation is 1. The summed E-state index contributed by atoms with van der Waals surface area (Å²) in [6.45, 7) is 1.89. The molecule has 11 heavy (non-hydrogen) atoms. The molecule has 0 heterocycles. The van der Waals surface area contributed by atoms with Crippen LogP contribution in [0.15, 0.2) is 30.3 Å². The smallest absolute Gasteiger partial charge is 0.101 e. The molecule has 0 fully saturated rings. The summed E-state index contributed by atoms with van der Waals surface area (Å²) in [5.41, 5.74) is 2.32. The lowest BCUT2D eigenvalue weighted by Crippen LogP contribution is -1.75. The van der Waals surface area contributed by atoms with Crippen LogP contribution in [0.25, 0.3) is 6.08 Å². The van der Waals surface area contributed by atoms with Crippen molar-refractivity contribution in [2.75, 3.05) is 6.61 Å². The molecule has 0 unspecified atom stereocenters. The molecule has 1 nitrogen and oxygen atoms in total. The molecule has 1 aromatic carbocycles. The van der Waals surface area contributed by atoms with Crippen molar-refractivity contribution in [3.8, 4) is 0 Å². The summed E-state index contributed by atoms with van der Waals surface area (Å²) < 4.78 is 0. The van der Waals surface area contributed by atoms with Gasteiger partial charge in [0.2, 0.25) is 0 Å². The van der Waals surface area contributed by atoms with Crippen molar-refractivity contribution < 1.29 is 5.11 Å². The van der Waals surface area contributed by atoms with Gasteiger partial charge in [-0.05, 0) is 12.5 Å². The van der Waals surface area contributed by atoms with Crippen molar-refractivity contribution in [3.05, 3.63) is 41.5 Å². The summed E-state index contributed by atoms with van der Waals surface area (Å²) >= 11 is 0. The van der Waals surface area contributed by atoms with Gasteiger partial charge in [0.05, 0.1) is 0 Å². The van der Waals surface area contributed by atoms with Gasteiger partial charge in [0.1, 0.15) is 6.61 Å². The summed E-state index contributed by atoms with van der Waals surface area (Å²) in [5, 5.41) is 10.1. The van der Waals surface area contributed by atoms with Gasteiger partial charge in [0.15, 0.2) is 0 Å². The first-order valence-electron chi connectivity index (χ1n) is 3.64. The monoisotopic (exact) mass is 147 g/mol. The van der Waals surface area contributed by atoms with Crippen LogP contribution in [0.5, 0.6) is 0 Å². The second-order valence-electron chi connectivity index (χ2n) is 2.48. The summed E-state index contributed by atoms with van der Waals surface area (Å²) in [6, 6.07) is 8.06. The van der Waals surface area contributed by atoms with E-state index in [4.69, 9.17) is 0 Å². The molecular formula is C10H11O. The predicted octanol–water partition coefficient (Wildman–Crippen LogP) is 2.44. The molecule has 0 aliphatic carbocycles. The van der Waals surface area contributed by atoms with Crippen LogP contribution in [0.1, 0.15) is 11.1 Å². The lowest BCUT2D eigenvalue weighted by molar-refractivity contribution is 0.233. The molecule has 1 rings (SSSR count).